The molecule has 0 saturated carbocycles. The smallest absolute Gasteiger partial charge is 0.304 e. The van der Waals surface area contributed by atoms with E-state index in [1.54, 1.807) is 22.9 Å². The highest BCUT2D eigenvalue weighted by Crippen LogP contribution is 2.32. The zero-order valence-electron chi connectivity index (χ0n) is 23.8. The maximum absolute atomic E-state index is 15.2. The summed E-state index contributed by atoms with van der Waals surface area (Å²) in [5.74, 6) is -3.77. The minimum atomic E-state index is -4.37. The molecule has 0 amide bonds. The van der Waals surface area contributed by atoms with Crippen LogP contribution in [0.2, 0.25) is 0 Å². The van der Waals surface area contributed by atoms with E-state index in [1.807, 2.05) is 35.0 Å². The molecule has 0 bridgehead atoms. The Kier molecular flexibility index (Phi) is 10.7. The van der Waals surface area contributed by atoms with Gasteiger partial charge in [0.1, 0.15) is 17.5 Å². The second-order valence-corrected chi connectivity index (χ2v) is 13.9. The molecule has 0 spiro atoms. The summed E-state index contributed by atoms with van der Waals surface area (Å²) in [6, 6.07) is 7.35. The summed E-state index contributed by atoms with van der Waals surface area (Å²) in [6.07, 6.45) is 1.65. The SMILES string of the molecule is CC(C)c1cnc(SCc2c(F)cc(S(=O)(=O)N(CCC[N+](C)(C)C)CCC(=O)O)cc2F)n1-c1ccc(F)cc1. The molecular weight excluding hydrogens is 577 g/mol. The average molecular weight is 614 g/mol. The number of carboxylic acid groups (broad SMARTS) is 1. The fraction of sp³-hybridized carbons (Fsp3) is 0.429. The van der Waals surface area contributed by atoms with Crippen LogP contribution in [0.15, 0.2) is 52.6 Å². The number of hydrogen-bond acceptors (Lipinski definition) is 5. The van der Waals surface area contributed by atoms with E-state index in [9.17, 15) is 17.6 Å². The Hall–Kier alpha value is -2.87. The van der Waals surface area contributed by atoms with Crippen molar-refractivity contribution in [2.24, 2.45) is 0 Å². The number of hydrogen-bond donors (Lipinski definition) is 1. The maximum Gasteiger partial charge on any atom is 0.304 e. The summed E-state index contributed by atoms with van der Waals surface area (Å²) in [5, 5.41) is 9.53. The predicted octanol–water partition coefficient (Wildman–Crippen LogP) is 5.27. The van der Waals surface area contributed by atoms with Crippen molar-refractivity contribution >= 4 is 27.8 Å². The first-order valence-electron chi connectivity index (χ1n) is 13.1. The summed E-state index contributed by atoms with van der Waals surface area (Å²) in [5.41, 5.74) is 1.15. The quantitative estimate of drug-likeness (QED) is 0.197. The molecule has 1 aromatic heterocycles. The first kappa shape index (κ1) is 32.6. The van der Waals surface area contributed by atoms with E-state index in [2.05, 4.69) is 4.98 Å². The van der Waals surface area contributed by atoms with E-state index >= 15 is 8.78 Å². The lowest BCUT2D eigenvalue weighted by Crippen LogP contribution is -2.39. The number of sulfonamides is 1. The largest absolute Gasteiger partial charge is 0.481 e. The Balaban J connectivity index is 1.87. The first-order chi connectivity index (χ1) is 19.1. The Labute approximate surface area is 243 Å². The Bertz CT molecular complexity index is 1450. The van der Waals surface area contributed by atoms with E-state index in [-0.39, 0.29) is 30.3 Å². The minimum absolute atomic E-state index is 0.0101. The van der Waals surface area contributed by atoms with Gasteiger partial charge in [-0.25, -0.2) is 26.6 Å². The molecule has 0 fully saturated rings. The topological polar surface area (TPSA) is 92.5 Å². The van der Waals surface area contributed by atoms with Gasteiger partial charge < -0.3 is 9.59 Å². The van der Waals surface area contributed by atoms with Gasteiger partial charge in [0.25, 0.3) is 0 Å². The van der Waals surface area contributed by atoms with Gasteiger partial charge in [0.15, 0.2) is 5.16 Å². The number of halogens is 3. The normalized spacial score (nSPS) is 12.4. The van der Waals surface area contributed by atoms with E-state index in [0.29, 0.717) is 28.3 Å². The van der Waals surface area contributed by atoms with Gasteiger partial charge in [0, 0.05) is 42.2 Å². The van der Waals surface area contributed by atoms with Crippen molar-refractivity contribution in [1.29, 1.82) is 0 Å². The predicted molar refractivity (Wildman–Crippen MR) is 152 cm³/mol. The molecule has 224 valence electrons. The number of aliphatic carboxylic acids is 1. The summed E-state index contributed by atoms with van der Waals surface area (Å²) in [7, 11) is 1.45. The van der Waals surface area contributed by atoms with Crippen LogP contribution >= 0.6 is 11.8 Å². The van der Waals surface area contributed by atoms with E-state index < -0.39 is 44.8 Å². The van der Waals surface area contributed by atoms with Gasteiger partial charge in [-0.15, -0.1) is 0 Å². The van der Waals surface area contributed by atoms with Crippen LogP contribution in [0.4, 0.5) is 13.2 Å². The van der Waals surface area contributed by atoms with Crippen molar-refractivity contribution < 1.29 is 36.0 Å². The summed E-state index contributed by atoms with van der Waals surface area (Å²) < 4.78 is 74.0. The molecule has 3 aromatic rings. The van der Waals surface area contributed by atoms with Gasteiger partial charge in [-0.3, -0.25) is 9.36 Å². The molecule has 8 nitrogen and oxygen atoms in total. The van der Waals surface area contributed by atoms with Crippen LogP contribution in [0.5, 0.6) is 0 Å². The molecule has 0 aliphatic heterocycles. The number of quaternary nitrogens is 1. The Morgan fingerprint density at radius 1 is 1.07 bits per heavy atom. The van der Waals surface area contributed by atoms with Gasteiger partial charge >= 0.3 is 5.97 Å². The van der Waals surface area contributed by atoms with Crippen LogP contribution in [0, 0.1) is 17.5 Å². The lowest BCUT2D eigenvalue weighted by atomic mass is 10.1. The number of thioether (sulfide) groups is 1. The molecule has 2 aromatic carbocycles. The van der Waals surface area contributed by atoms with Crippen LogP contribution in [0.3, 0.4) is 0 Å². The lowest BCUT2D eigenvalue weighted by Gasteiger charge is -2.26. The number of carbonyl (C=O) groups is 1. The number of nitrogens with zero attached hydrogens (tertiary/aromatic N) is 4. The molecule has 0 saturated heterocycles. The van der Waals surface area contributed by atoms with Gasteiger partial charge in [-0.2, -0.15) is 4.31 Å². The molecule has 13 heteroatoms. The zero-order valence-corrected chi connectivity index (χ0v) is 25.4. The highest BCUT2D eigenvalue weighted by atomic mass is 32.2. The zero-order chi connectivity index (χ0) is 30.5. The standard InChI is InChI=1S/C28H35F3N4O4S2/c1-19(2)26-17-32-28(34(26)21-9-7-20(29)8-10-21)40-18-23-24(30)15-22(16-25(23)31)41(38,39)33(13-11-27(36)37)12-6-14-35(3,4)5/h7-10,15-17,19H,6,11-14,18H2,1-5H3/p+1. The molecule has 0 aliphatic rings. The number of imidazole rings is 1. The van der Waals surface area contributed by atoms with Gasteiger partial charge in [0.2, 0.25) is 10.0 Å². The van der Waals surface area contributed by atoms with Gasteiger partial charge in [-0.1, -0.05) is 25.6 Å². The van der Waals surface area contributed by atoms with Crippen LogP contribution in [0.1, 0.15) is 43.9 Å². The highest BCUT2D eigenvalue weighted by molar-refractivity contribution is 7.98. The Morgan fingerprint density at radius 3 is 2.22 bits per heavy atom. The van der Waals surface area contributed by atoms with Crippen molar-refractivity contribution in [3.8, 4) is 5.69 Å². The second-order valence-electron chi connectivity index (χ2n) is 11.0. The summed E-state index contributed by atoms with van der Waals surface area (Å²) >= 11 is 1.06. The third-order valence-electron chi connectivity index (χ3n) is 6.34. The van der Waals surface area contributed by atoms with Gasteiger partial charge in [-0.05, 0) is 42.3 Å². The minimum Gasteiger partial charge on any atom is -0.481 e. The van der Waals surface area contributed by atoms with Crippen LogP contribution in [0.25, 0.3) is 5.69 Å². The summed E-state index contributed by atoms with van der Waals surface area (Å²) in [6.45, 7) is 4.23. The van der Waals surface area contributed by atoms with Crippen molar-refractivity contribution in [2.75, 3.05) is 40.8 Å². The monoisotopic (exact) mass is 613 g/mol. The molecule has 41 heavy (non-hydrogen) atoms. The fourth-order valence-corrected chi connectivity index (χ4v) is 6.67. The van der Waals surface area contributed by atoms with Crippen LogP contribution in [-0.4, -0.2) is 78.6 Å². The van der Waals surface area contributed by atoms with Crippen molar-refractivity contribution in [3.05, 3.63) is 71.3 Å². The van der Waals surface area contributed by atoms with Crippen molar-refractivity contribution in [2.45, 2.75) is 48.4 Å². The number of aromatic nitrogens is 2. The van der Waals surface area contributed by atoms with Crippen molar-refractivity contribution in [1.82, 2.24) is 13.9 Å². The second kappa shape index (κ2) is 13.4. The highest BCUT2D eigenvalue weighted by Gasteiger charge is 2.28. The first-order valence-corrected chi connectivity index (χ1v) is 15.5. The summed E-state index contributed by atoms with van der Waals surface area (Å²) in [4.78, 5) is 15.0. The van der Waals surface area contributed by atoms with Gasteiger partial charge in [0.05, 0.1) is 45.2 Å². The Morgan fingerprint density at radius 2 is 1.68 bits per heavy atom. The van der Waals surface area contributed by atoms with Crippen molar-refractivity contribution in [3.63, 3.8) is 0 Å². The molecule has 0 atom stereocenters. The van der Waals surface area contributed by atoms with E-state index in [1.165, 1.54) is 12.1 Å². The molecule has 0 unspecified atom stereocenters. The molecule has 1 heterocycles. The van der Waals surface area contributed by atoms with Crippen LogP contribution < -0.4 is 0 Å². The third kappa shape index (κ3) is 8.57. The van der Waals surface area contributed by atoms with E-state index in [0.717, 1.165) is 33.9 Å². The fourth-order valence-electron chi connectivity index (χ4n) is 4.15. The lowest BCUT2D eigenvalue weighted by molar-refractivity contribution is -0.870. The third-order valence-corrected chi connectivity index (χ3v) is 9.20. The van der Waals surface area contributed by atoms with Crippen LogP contribution in [-0.2, 0) is 20.6 Å². The van der Waals surface area contributed by atoms with E-state index in [4.69, 9.17) is 5.11 Å². The molecule has 3 rings (SSSR count). The number of carboxylic acids is 1. The molecular formula is C28H36F3N4O4S2+. The molecule has 0 aliphatic carbocycles. The number of rotatable bonds is 14. The number of benzene rings is 2. The maximum atomic E-state index is 15.2. The molecule has 1 N–H and O–H groups in total. The average Bonchev–Trinajstić information content (AvgIpc) is 3.29. The molecule has 0 radical (unpaired) electrons.